The predicted octanol–water partition coefficient (Wildman–Crippen LogP) is 3.25. The van der Waals surface area contributed by atoms with Gasteiger partial charge in [0, 0.05) is 36.8 Å². The fourth-order valence-corrected chi connectivity index (χ4v) is 5.15. The summed E-state index contributed by atoms with van der Waals surface area (Å²) in [6, 6.07) is 13.8. The number of ether oxygens (including phenoxy) is 2. The van der Waals surface area contributed by atoms with Crippen molar-refractivity contribution < 1.29 is 22.7 Å². The second-order valence-electron chi connectivity index (χ2n) is 8.26. The van der Waals surface area contributed by atoms with Gasteiger partial charge in [-0.05, 0) is 68.1 Å². The number of hydrogen-bond donors (Lipinski definition) is 2. The van der Waals surface area contributed by atoms with Crippen LogP contribution in [0.5, 0.6) is 5.75 Å². The van der Waals surface area contributed by atoms with E-state index in [-0.39, 0.29) is 22.3 Å². The number of carbonyl (C=O) groups is 1. The van der Waals surface area contributed by atoms with Gasteiger partial charge in [-0.1, -0.05) is 19.1 Å². The predicted molar refractivity (Wildman–Crippen MR) is 124 cm³/mol. The van der Waals surface area contributed by atoms with Gasteiger partial charge in [-0.25, -0.2) is 13.1 Å². The van der Waals surface area contributed by atoms with Gasteiger partial charge in [0.1, 0.15) is 5.75 Å². The van der Waals surface area contributed by atoms with Crippen LogP contribution in [0, 0.1) is 0 Å². The normalized spacial score (nSPS) is 16.8. The Kier molecular flexibility index (Phi) is 7.92. The lowest BCUT2D eigenvalue weighted by molar-refractivity contribution is 0.0487. The molecular formula is C24H32N2O5S. The fraction of sp³-hybridized carbons (Fsp3) is 0.458. The Morgan fingerprint density at radius 2 is 1.72 bits per heavy atom. The number of benzene rings is 2. The first-order chi connectivity index (χ1) is 15.3. The first-order valence-corrected chi connectivity index (χ1v) is 12.4. The summed E-state index contributed by atoms with van der Waals surface area (Å²) >= 11 is 0. The van der Waals surface area contributed by atoms with Crippen molar-refractivity contribution in [1.82, 2.24) is 10.0 Å². The van der Waals surface area contributed by atoms with Gasteiger partial charge in [-0.15, -0.1) is 0 Å². The zero-order chi connectivity index (χ0) is 23.2. The van der Waals surface area contributed by atoms with Gasteiger partial charge in [-0.2, -0.15) is 0 Å². The highest BCUT2D eigenvalue weighted by Gasteiger charge is 2.35. The van der Waals surface area contributed by atoms with Crippen LogP contribution in [0.1, 0.15) is 49.0 Å². The van der Waals surface area contributed by atoms with Gasteiger partial charge >= 0.3 is 0 Å². The van der Waals surface area contributed by atoms with Gasteiger partial charge in [0.05, 0.1) is 12.0 Å². The first kappa shape index (κ1) is 24.2. The highest BCUT2D eigenvalue weighted by molar-refractivity contribution is 7.89. The summed E-state index contributed by atoms with van der Waals surface area (Å²) in [5.41, 5.74) is 1.34. The Morgan fingerprint density at radius 1 is 1.09 bits per heavy atom. The molecule has 1 saturated heterocycles. The van der Waals surface area contributed by atoms with Crippen LogP contribution in [0.15, 0.2) is 53.4 Å². The highest BCUT2D eigenvalue weighted by Crippen LogP contribution is 2.35. The molecule has 0 aromatic heterocycles. The minimum atomic E-state index is -3.60. The number of hydrogen-bond acceptors (Lipinski definition) is 5. The van der Waals surface area contributed by atoms with Crippen LogP contribution in [0.2, 0.25) is 0 Å². The van der Waals surface area contributed by atoms with Gasteiger partial charge in [0.25, 0.3) is 5.91 Å². The van der Waals surface area contributed by atoms with Crippen molar-refractivity contribution >= 4 is 15.9 Å². The molecule has 0 aliphatic carbocycles. The van der Waals surface area contributed by atoms with Crippen molar-refractivity contribution in [2.24, 2.45) is 0 Å². The average molecular weight is 461 g/mol. The second-order valence-corrected chi connectivity index (χ2v) is 9.97. The van der Waals surface area contributed by atoms with Crippen molar-refractivity contribution in [3.05, 3.63) is 59.7 Å². The molecule has 1 aliphatic rings. The summed E-state index contributed by atoms with van der Waals surface area (Å²) in [6.45, 7) is 5.47. The van der Waals surface area contributed by atoms with E-state index in [0.717, 1.165) is 24.2 Å². The van der Waals surface area contributed by atoms with E-state index in [1.54, 1.807) is 19.2 Å². The third-order valence-corrected chi connectivity index (χ3v) is 7.74. The maximum absolute atomic E-state index is 12.8. The lowest BCUT2D eigenvalue weighted by Gasteiger charge is -2.38. The Labute approximate surface area is 190 Å². The standard InChI is InChI=1S/C24H32N2O5S/c1-4-18(2)26-32(28,29)22-11-5-19(6-12-22)23(27)25-17-24(13-15-31-16-14-24)20-7-9-21(30-3)10-8-20/h5-12,18,26H,4,13-17H2,1-3H3,(H,25,27). The Morgan fingerprint density at radius 3 is 2.28 bits per heavy atom. The van der Waals surface area contributed by atoms with Crippen molar-refractivity contribution in [2.45, 2.75) is 49.5 Å². The van der Waals surface area contributed by atoms with E-state index in [0.29, 0.717) is 31.7 Å². The molecular weight excluding hydrogens is 428 g/mol. The quantitative estimate of drug-likeness (QED) is 0.599. The average Bonchev–Trinajstić information content (AvgIpc) is 2.83. The van der Waals surface area contributed by atoms with Crippen molar-refractivity contribution in [3.63, 3.8) is 0 Å². The molecule has 2 aromatic carbocycles. The first-order valence-electron chi connectivity index (χ1n) is 10.9. The molecule has 0 bridgehead atoms. The molecule has 0 spiro atoms. The largest absolute Gasteiger partial charge is 0.497 e. The van der Waals surface area contributed by atoms with E-state index in [9.17, 15) is 13.2 Å². The van der Waals surface area contributed by atoms with E-state index >= 15 is 0 Å². The lowest BCUT2D eigenvalue weighted by Crippen LogP contribution is -2.44. The van der Waals surface area contributed by atoms with Crippen molar-refractivity contribution in [3.8, 4) is 5.75 Å². The summed E-state index contributed by atoms with van der Waals surface area (Å²) in [4.78, 5) is 13.0. The van der Waals surface area contributed by atoms with Crippen LogP contribution in [0.25, 0.3) is 0 Å². The molecule has 1 amide bonds. The second kappa shape index (κ2) is 10.5. The Hall–Kier alpha value is -2.42. The van der Waals surface area contributed by atoms with Crippen molar-refractivity contribution in [1.29, 1.82) is 0 Å². The van der Waals surface area contributed by atoms with E-state index < -0.39 is 10.0 Å². The molecule has 174 valence electrons. The van der Waals surface area contributed by atoms with E-state index in [1.165, 1.54) is 12.1 Å². The number of nitrogens with one attached hydrogen (secondary N) is 2. The molecule has 7 nitrogen and oxygen atoms in total. The van der Waals surface area contributed by atoms with E-state index in [1.807, 2.05) is 38.1 Å². The molecule has 3 rings (SSSR count). The molecule has 0 radical (unpaired) electrons. The monoisotopic (exact) mass is 460 g/mol. The van der Waals surface area contributed by atoms with Gasteiger partial charge in [0.2, 0.25) is 10.0 Å². The van der Waals surface area contributed by atoms with Gasteiger partial charge in [0.15, 0.2) is 0 Å². The number of sulfonamides is 1. The molecule has 32 heavy (non-hydrogen) atoms. The molecule has 1 heterocycles. The number of amides is 1. The number of methoxy groups -OCH3 is 1. The smallest absolute Gasteiger partial charge is 0.251 e. The molecule has 1 unspecified atom stereocenters. The molecule has 8 heteroatoms. The summed E-state index contributed by atoms with van der Waals surface area (Å²) in [5.74, 6) is 0.557. The number of carbonyl (C=O) groups excluding carboxylic acids is 1. The number of rotatable bonds is 9. The molecule has 1 aliphatic heterocycles. The van der Waals surface area contributed by atoms with Gasteiger partial charge in [-0.3, -0.25) is 4.79 Å². The third-order valence-electron chi connectivity index (χ3n) is 6.14. The Balaban J connectivity index is 1.71. The summed E-state index contributed by atoms with van der Waals surface area (Å²) in [7, 11) is -1.97. The minimum absolute atomic E-state index is 0.147. The van der Waals surface area contributed by atoms with Gasteiger partial charge < -0.3 is 14.8 Å². The fourth-order valence-electron chi connectivity index (χ4n) is 3.83. The van der Waals surface area contributed by atoms with Crippen molar-refractivity contribution in [2.75, 3.05) is 26.9 Å². The lowest BCUT2D eigenvalue weighted by atomic mass is 9.74. The summed E-state index contributed by atoms with van der Waals surface area (Å²) in [6.07, 6.45) is 2.30. The maximum atomic E-state index is 12.8. The van der Waals surface area contributed by atoms with Crippen LogP contribution < -0.4 is 14.8 Å². The summed E-state index contributed by atoms with van der Waals surface area (Å²) < 4.78 is 38.3. The third kappa shape index (κ3) is 5.68. The van der Waals surface area contributed by atoms with Crippen LogP contribution in [-0.4, -0.2) is 47.2 Å². The zero-order valence-corrected chi connectivity index (χ0v) is 19.7. The molecule has 0 saturated carbocycles. The SMILES string of the molecule is CCC(C)NS(=O)(=O)c1ccc(C(=O)NCC2(c3ccc(OC)cc3)CCOCC2)cc1. The van der Waals surface area contributed by atoms with Crippen LogP contribution >= 0.6 is 0 Å². The maximum Gasteiger partial charge on any atom is 0.251 e. The molecule has 2 aromatic rings. The topological polar surface area (TPSA) is 93.7 Å². The summed E-state index contributed by atoms with van der Waals surface area (Å²) in [5, 5.41) is 3.05. The van der Waals surface area contributed by atoms with Crippen LogP contribution in [-0.2, 0) is 20.2 Å². The molecule has 1 atom stereocenters. The van der Waals surface area contributed by atoms with E-state index in [4.69, 9.17) is 9.47 Å². The van der Waals surface area contributed by atoms with Crippen LogP contribution in [0.4, 0.5) is 0 Å². The highest BCUT2D eigenvalue weighted by atomic mass is 32.2. The molecule has 1 fully saturated rings. The Bertz CT molecular complexity index is 998. The zero-order valence-electron chi connectivity index (χ0n) is 18.9. The minimum Gasteiger partial charge on any atom is -0.497 e. The van der Waals surface area contributed by atoms with Crippen LogP contribution in [0.3, 0.4) is 0 Å². The van der Waals surface area contributed by atoms with E-state index in [2.05, 4.69) is 10.0 Å². The molecule has 2 N–H and O–H groups in total.